The molecule has 1 heterocycles. The van der Waals surface area contributed by atoms with Gasteiger partial charge in [0.1, 0.15) is 0 Å². The van der Waals surface area contributed by atoms with Crippen molar-refractivity contribution in [3.8, 4) is 0 Å². The van der Waals surface area contributed by atoms with Gasteiger partial charge >= 0.3 is 0 Å². The third-order valence-corrected chi connectivity index (χ3v) is 6.17. The van der Waals surface area contributed by atoms with Crippen LogP contribution in [0.15, 0.2) is 66.1 Å². The highest BCUT2D eigenvalue weighted by Gasteiger charge is 2.35. The number of morpholine rings is 1. The van der Waals surface area contributed by atoms with Crippen LogP contribution in [0.25, 0.3) is 5.57 Å². The van der Waals surface area contributed by atoms with Crippen LogP contribution in [0.3, 0.4) is 0 Å². The number of ketones is 1. The van der Waals surface area contributed by atoms with Crippen LogP contribution in [0.4, 0.5) is 0 Å². The van der Waals surface area contributed by atoms with Gasteiger partial charge in [-0.1, -0.05) is 49.0 Å². The van der Waals surface area contributed by atoms with E-state index < -0.39 is 5.54 Å². The number of carbonyl (C=O) groups excluding carboxylic acids is 1. The lowest BCUT2D eigenvalue weighted by atomic mass is 9.91. The summed E-state index contributed by atoms with van der Waals surface area (Å²) in [4.78, 5) is 16.4. The topological polar surface area (TPSA) is 29.5 Å². The van der Waals surface area contributed by atoms with Crippen molar-refractivity contribution >= 4 is 23.1 Å². The summed E-state index contributed by atoms with van der Waals surface area (Å²) in [5.74, 6) is 0.992. The zero-order chi connectivity index (χ0) is 19.3. The average molecular weight is 382 g/mol. The minimum absolute atomic E-state index is 0.162. The first-order chi connectivity index (χ1) is 13.0. The fraction of sp³-hybridized carbons (Fsp3) is 0.348. The number of nitrogens with zero attached hydrogens (tertiary/aromatic N) is 1. The van der Waals surface area contributed by atoms with Crippen molar-refractivity contribution in [3.63, 3.8) is 0 Å². The first-order valence-electron chi connectivity index (χ1n) is 9.32. The molecular formula is C23H27NO2S. The molecule has 1 aliphatic heterocycles. The minimum atomic E-state index is -0.514. The molecule has 1 fully saturated rings. The van der Waals surface area contributed by atoms with E-state index in [2.05, 4.69) is 23.6 Å². The van der Waals surface area contributed by atoms with Crippen molar-refractivity contribution in [2.45, 2.75) is 24.3 Å². The molecule has 2 aromatic carbocycles. The van der Waals surface area contributed by atoms with E-state index in [4.69, 9.17) is 4.74 Å². The van der Waals surface area contributed by atoms with E-state index in [1.807, 2.05) is 56.3 Å². The fourth-order valence-corrected chi connectivity index (χ4v) is 4.09. The van der Waals surface area contributed by atoms with Gasteiger partial charge in [-0.05, 0) is 37.1 Å². The molecule has 3 nitrogen and oxygen atoms in total. The first kappa shape index (κ1) is 19.9. The van der Waals surface area contributed by atoms with Crippen LogP contribution in [0.5, 0.6) is 0 Å². The Morgan fingerprint density at radius 2 is 1.67 bits per heavy atom. The molecular weight excluding hydrogens is 354 g/mol. The van der Waals surface area contributed by atoms with Gasteiger partial charge in [0.15, 0.2) is 5.78 Å². The Bertz CT molecular complexity index is 778. The number of hydrogen-bond acceptors (Lipinski definition) is 4. The lowest BCUT2D eigenvalue weighted by Crippen LogP contribution is -2.54. The SMILES string of the molecule is C=C(CSc1ccc(C(=O)C(C)(C)N2CCOCC2)cc1)c1ccccc1. The minimum Gasteiger partial charge on any atom is -0.379 e. The number of benzene rings is 2. The summed E-state index contributed by atoms with van der Waals surface area (Å²) >= 11 is 1.74. The van der Waals surface area contributed by atoms with Gasteiger partial charge in [-0.2, -0.15) is 0 Å². The van der Waals surface area contributed by atoms with Crippen LogP contribution in [-0.4, -0.2) is 48.3 Å². The predicted octanol–water partition coefficient (Wildman–Crippen LogP) is 4.79. The molecule has 0 bridgehead atoms. The summed E-state index contributed by atoms with van der Waals surface area (Å²) in [6, 6.07) is 18.2. The van der Waals surface area contributed by atoms with Crippen molar-refractivity contribution in [3.05, 3.63) is 72.3 Å². The second-order valence-corrected chi connectivity index (χ2v) is 8.32. The zero-order valence-corrected chi connectivity index (χ0v) is 16.9. The molecule has 142 valence electrons. The molecule has 0 radical (unpaired) electrons. The maximum absolute atomic E-state index is 13.0. The highest BCUT2D eigenvalue weighted by atomic mass is 32.2. The van der Waals surface area contributed by atoms with Gasteiger partial charge in [0.25, 0.3) is 0 Å². The van der Waals surface area contributed by atoms with Crippen molar-refractivity contribution in [2.24, 2.45) is 0 Å². The summed E-state index contributed by atoms with van der Waals surface area (Å²) in [6.45, 7) is 11.2. The van der Waals surface area contributed by atoms with Gasteiger partial charge in [-0.3, -0.25) is 9.69 Å². The summed E-state index contributed by atoms with van der Waals surface area (Å²) in [7, 11) is 0. The number of rotatable bonds is 7. The third kappa shape index (κ3) is 4.89. The Hall–Kier alpha value is -1.88. The maximum Gasteiger partial charge on any atom is 0.182 e. The van der Waals surface area contributed by atoms with Crippen molar-refractivity contribution in [2.75, 3.05) is 32.1 Å². The second-order valence-electron chi connectivity index (χ2n) is 7.27. The Kier molecular flexibility index (Phi) is 6.53. The van der Waals surface area contributed by atoms with Gasteiger partial charge in [0.2, 0.25) is 0 Å². The molecule has 0 atom stereocenters. The van der Waals surface area contributed by atoms with E-state index in [0.717, 1.165) is 34.9 Å². The number of Topliss-reactive ketones (excluding diaryl/α,β-unsaturated/α-hetero) is 1. The molecule has 0 saturated carbocycles. The molecule has 0 aromatic heterocycles. The lowest BCUT2D eigenvalue weighted by molar-refractivity contribution is -0.00430. The van der Waals surface area contributed by atoms with Gasteiger partial charge in [0.05, 0.1) is 18.8 Å². The predicted molar refractivity (Wildman–Crippen MR) is 113 cm³/mol. The van der Waals surface area contributed by atoms with Crippen LogP contribution in [0.2, 0.25) is 0 Å². The van der Waals surface area contributed by atoms with Crippen LogP contribution in [0, 0.1) is 0 Å². The van der Waals surface area contributed by atoms with Gasteiger partial charge in [-0.15, -0.1) is 11.8 Å². The van der Waals surface area contributed by atoms with Crippen LogP contribution in [0.1, 0.15) is 29.8 Å². The highest BCUT2D eigenvalue weighted by molar-refractivity contribution is 7.99. The van der Waals surface area contributed by atoms with Gasteiger partial charge in [0, 0.05) is 29.3 Å². The monoisotopic (exact) mass is 381 g/mol. The van der Waals surface area contributed by atoms with Crippen LogP contribution >= 0.6 is 11.8 Å². The number of thioether (sulfide) groups is 1. The van der Waals surface area contributed by atoms with E-state index >= 15 is 0 Å². The molecule has 4 heteroatoms. The average Bonchev–Trinajstić information content (AvgIpc) is 2.73. The number of carbonyl (C=O) groups is 1. The van der Waals surface area contributed by atoms with Crippen LogP contribution in [-0.2, 0) is 4.74 Å². The fourth-order valence-electron chi connectivity index (χ4n) is 3.25. The van der Waals surface area contributed by atoms with E-state index in [9.17, 15) is 4.79 Å². The highest BCUT2D eigenvalue weighted by Crippen LogP contribution is 2.27. The number of hydrogen-bond donors (Lipinski definition) is 0. The largest absolute Gasteiger partial charge is 0.379 e. The Balaban J connectivity index is 1.61. The summed E-state index contributed by atoms with van der Waals surface area (Å²) < 4.78 is 5.41. The van der Waals surface area contributed by atoms with Crippen molar-refractivity contribution in [1.29, 1.82) is 0 Å². The summed E-state index contributed by atoms with van der Waals surface area (Å²) in [6.07, 6.45) is 0. The van der Waals surface area contributed by atoms with Crippen molar-refractivity contribution < 1.29 is 9.53 Å². The third-order valence-electron chi connectivity index (χ3n) is 5.07. The molecule has 27 heavy (non-hydrogen) atoms. The molecule has 3 rings (SSSR count). The number of ether oxygens (including phenoxy) is 1. The lowest BCUT2D eigenvalue weighted by Gasteiger charge is -2.39. The van der Waals surface area contributed by atoms with Crippen molar-refractivity contribution in [1.82, 2.24) is 4.90 Å². The second kappa shape index (κ2) is 8.87. The summed E-state index contributed by atoms with van der Waals surface area (Å²) in [5.41, 5.74) is 2.52. The van der Waals surface area contributed by atoms with Gasteiger partial charge < -0.3 is 4.74 Å². The molecule has 1 saturated heterocycles. The van der Waals surface area contributed by atoms with E-state index in [0.29, 0.717) is 13.2 Å². The Morgan fingerprint density at radius 1 is 1.04 bits per heavy atom. The molecule has 0 unspecified atom stereocenters. The normalized spacial score (nSPS) is 15.5. The first-order valence-corrected chi connectivity index (χ1v) is 10.3. The molecule has 0 spiro atoms. The zero-order valence-electron chi connectivity index (χ0n) is 16.1. The van der Waals surface area contributed by atoms with E-state index in [1.165, 1.54) is 5.56 Å². The molecule has 2 aromatic rings. The van der Waals surface area contributed by atoms with E-state index in [1.54, 1.807) is 11.8 Å². The summed E-state index contributed by atoms with van der Waals surface area (Å²) in [5, 5.41) is 0. The van der Waals surface area contributed by atoms with E-state index in [-0.39, 0.29) is 5.78 Å². The molecule has 1 aliphatic rings. The quantitative estimate of drug-likeness (QED) is 0.510. The van der Waals surface area contributed by atoms with Crippen LogP contribution < -0.4 is 0 Å². The smallest absolute Gasteiger partial charge is 0.182 e. The Morgan fingerprint density at radius 3 is 2.30 bits per heavy atom. The van der Waals surface area contributed by atoms with Gasteiger partial charge in [-0.25, -0.2) is 0 Å². The molecule has 0 amide bonds. The maximum atomic E-state index is 13.0. The Labute approximate surface area is 166 Å². The molecule has 0 aliphatic carbocycles. The standard InChI is InChI=1S/C23H27NO2S/c1-18(19-7-5-4-6-8-19)17-27-21-11-9-20(10-12-21)22(25)23(2,3)24-13-15-26-16-14-24/h4-12H,1,13-17H2,2-3H3. The molecule has 0 N–H and O–H groups in total.